The van der Waals surface area contributed by atoms with Crippen LogP contribution in [0.5, 0.6) is 0 Å². The fourth-order valence-electron chi connectivity index (χ4n) is 1.06. The number of aliphatic hydroxyl groups is 1. The molecule has 1 rings (SSSR count). The molecule has 0 aliphatic carbocycles. The second kappa shape index (κ2) is 4.13. The SMILES string of the molecule is O=C1C=CCC(CCCO)O1. The largest absolute Gasteiger partial charge is 0.459 e. The Hall–Kier alpha value is -0.830. The fraction of sp³-hybridized carbons (Fsp3) is 0.625. The molecule has 1 heterocycles. The predicted molar refractivity (Wildman–Crippen MR) is 40.0 cm³/mol. The van der Waals surface area contributed by atoms with Crippen molar-refractivity contribution in [1.29, 1.82) is 0 Å². The third-order valence-electron chi connectivity index (χ3n) is 1.62. The molecular formula is C8H12O3. The van der Waals surface area contributed by atoms with Crippen LogP contribution in [0.3, 0.4) is 0 Å². The van der Waals surface area contributed by atoms with Crippen LogP contribution in [0.1, 0.15) is 19.3 Å². The Bertz CT molecular complexity index is 163. The van der Waals surface area contributed by atoms with E-state index in [4.69, 9.17) is 9.84 Å². The van der Waals surface area contributed by atoms with Gasteiger partial charge >= 0.3 is 5.97 Å². The lowest BCUT2D eigenvalue weighted by molar-refractivity contribution is -0.144. The predicted octanol–water partition coefficient (Wildman–Crippen LogP) is 0.631. The standard InChI is InChI=1S/C8H12O3/c9-6-2-4-7-3-1-5-8(10)11-7/h1,5,7,9H,2-4,6H2. The summed E-state index contributed by atoms with van der Waals surface area (Å²) in [5, 5.41) is 8.50. The Morgan fingerprint density at radius 2 is 2.55 bits per heavy atom. The molecule has 0 radical (unpaired) electrons. The van der Waals surface area contributed by atoms with Crippen molar-refractivity contribution >= 4 is 5.97 Å². The minimum atomic E-state index is -0.265. The lowest BCUT2D eigenvalue weighted by Gasteiger charge is -2.17. The maximum atomic E-state index is 10.7. The third-order valence-corrected chi connectivity index (χ3v) is 1.62. The lowest BCUT2D eigenvalue weighted by atomic mass is 10.1. The highest BCUT2D eigenvalue weighted by molar-refractivity contribution is 5.82. The summed E-state index contributed by atoms with van der Waals surface area (Å²) in [6.45, 7) is 0.164. The zero-order chi connectivity index (χ0) is 8.10. The molecule has 0 aromatic rings. The quantitative estimate of drug-likeness (QED) is 0.609. The Balaban J connectivity index is 2.26. The minimum Gasteiger partial charge on any atom is -0.459 e. The van der Waals surface area contributed by atoms with Crippen LogP contribution in [0.2, 0.25) is 0 Å². The van der Waals surface area contributed by atoms with Crippen LogP contribution in [0.25, 0.3) is 0 Å². The molecule has 3 heteroatoms. The summed E-state index contributed by atoms with van der Waals surface area (Å²) >= 11 is 0. The zero-order valence-corrected chi connectivity index (χ0v) is 6.32. The van der Waals surface area contributed by atoms with Crippen LogP contribution in [0.15, 0.2) is 12.2 Å². The average Bonchev–Trinajstić information content (AvgIpc) is 2.01. The van der Waals surface area contributed by atoms with Crippen LogP contribution in [-0.2, 0) is 9.53 Å². The lowest BCUT2D eigenvalue weighted by Crippen LogP contribution is -2.19. The molecule has 0 bridgehead atoms. The summed E-state index contributed by atoms with van der Waals surface area (Å²) in [4.78, 5) is 10.7. The summed E-state index contributed by atoms with van der Waals surface area (Å²) in [6.07, 6.45) is 5.48. The first kappa shape index (κ1) is 8.27. The molecule has 11 heavy (non-hydrogen) atoms. The van der Waals surface area contributed by atoms with Gasteiger partial charge in [0.2, 0.25) is 0 Å². The van der Waals surface area contributed by atoms with Crippen molar-refractivity contribution in [2.75, 3.05) is 6.61 Å². The van der Waals surface area contributed by atoms with Gasteiger partial charge in [0, 0.05) is 19.1 Å². The van der Waals surface area contributed by atoms with Crippen LogP contribution < -0.4 is 0 Å². The second-order valence-electron chi connectivity index (χ2n) is 2.56. The Labute approximate surface area is 65.7 Å². The first-order chi connectivity index (χ1) is 5.33. The first-order valence-corrected chi connectivity index (χ1v) is 3.81. The molecule has 1 aliphatic heterocycles. The van der Waals surface area contributed by atoms with Gasteiger partial charge in [0.1, 0.15) is 6.10 Å². The molecule has 0 fully saturated rings. The van der Waals surface area contributed by atoms with Crippen molar-refractivity contribution in [2.24, 2.45) is 0 Å². The van der Waals surface area contributed by atoms with E-state index in [1.165, 1.54) is 6.08 Å². The monoisotopic (exact) mass is 156 g/mol. The summed E-state index contributed by atoms with van der Waals surface area (Å²) < 4.78 is 4.95. The number of cyclic esters (lactones) is 1. The van der Waals surface area contributed by atoms with Gasteiger partial charge in [-0.3, -0.25) is 0 Å². The van der Waals surface area contributed by atoms with Crippen molar-refractivity contribution in [3.05, 3.63) is 12.2 Å². The number of hydrogen-bond acceptors (Lipinski definition) is 3. The molecule has 0 saturated heterocycles. The van der Waals surface area contributed by atoms with Crippen molar-refractivity contribution < 1.29 is 14.6 Å². The second-order valence-corrected chi connectivity index (χ2v) is 2.56. The highest BCUT2D eigenvalue weighted by Gasteiger charge is 2.14. The number of esters is 1. The highest BCUT2D eigenvalue weighted by atomic mass is 16.5. The molecule has 1 unspecified atom stereocenters. The molecule has 0 aromatic carbocycles. The Kier molecular flexibility index (Phi) is 3.11. The topological polar surface area (TPSA) is 46.5 Å². The summed E-state index contributed by atoms with van der Waals surface area (Å²) in [7, 11) is 0. The van der Waals surface area contributed by atoms with E-state index >= 15 is 0 Å². The van der Waals surface area contributed by atoms with E-state index in [9.17, 15) is 4.79 Å². The van der Waals surface area contributed by atoms with E-state index < -0.39 is 0 Å². The summed E-state index contributed by atoms with van der Waals surface area (Å²) in [6, 6.07) is 0. The molecule has 62 valence electrons. The molecule has 0 spiro atoms. The van der Waals surface area contributed by atoms with Crippen LogP contribution in [0, 0.1) is 0 Å². The van der Waals surface area contributed by atoms with Gasteiger partial charge < -0.3 is 9.84 Å². The fourth-order valence-corrected chi connectivity index (χ4v) is 1.06. The van der Waals surface area contributed by atoms with Gasteiger partial charge in [-0.1, -0.05) is 6.08 Å². The molecular weight excluding hydrogens is 144 g/mol. The molecule has 1 atom stereocenters. The maximum absolute atomic E-state index is 10.7. The molecule has 1 aliphatic rings. The summed E-state index contributed by atoms with van der Waals surface area (Å²) in [5.41, 5.74) is 0. The van der Waals surface area contributed by atoms with Gasteiger partial charge in [-0.25, -0.2) is 4.79 Å². The first-order valence-electron chi connectivity index (χ1n) is 3.81. The van der Waals surface area contributed by atoms with Crippen molar-refractivity contribution in [3.8, 4) is 0 Å². The molecule has 0 amide bonds. The van der Waals surface area contributed by atoms with Crippen molar-refractivity contribution in [1.82, 2.24) is 0 Å². The van der Waals surface area contributed by atoms with E-state index in [1.807, 2.05) is 6.08 Å². The number of ether oxygens (including phenoxy) is 1. The van der Waals surface area contributed by atoms with Crippen molar-refractivity contribution in [2.45, 2.75) is 25.4 Å². The van der Waals surface area contributed by atoms with E-state index in [-0.39, 0.29) is 18.7 Å². The zero-order valence-electron chi connectivity index (χ0n) is 6.32. The number of hydrogen-bond donors (Lipinski definition) is 1. The Morgan fingerprint density at radius 1 is 1.73 bits per heavy atom. The number of aliphatic hydroxyl groups excluding tert-OH is 1. The third kappa shape index (κ3) is 2.72. The van der Waals surface area contributed by atoms with Crippen LogP contribution >= 0.6 is 0 Å². The highest BCUT2D eigenvalue weighted by Crippen LogP contribution is 2.12. The van der Waals surface area contributed by atoms with E-state index in [2.05, 4.69) is 0 Å². The van der Waals surface area contributed by atoms with E-state index in [0.29, 0.717) is 6.42 Å². The molecule has 0 saturated carbocycles. The van der Waals surface area contributed by atoms with Crippen molar-refractivity contribution in [3.63, 3.8) is 0 Å². The van der Waals surface area contributed by atoms with Crippen LogP contribution in [0.4, 0.5) is 0 Å². The normalized spacial score (nSPS) is 23.4. The van der Waals surface area contributed by atoms with E-state index in [1.54, 1.807) is 0 Å². The molecule has 1 N–H and O–H groups in total. The molecule has 0 aromatic heterocycles. The van der Waals surface area contributed by atoms with Gasteiger partial charge in [-0.2, -0.15) is 0 Å². The molecule has 3 nitrogen and oxygen atoms in total. The van der Waals surface area contributed by atoms with Gasteiger partial charge in [0.15, 0.2) is 0 Å². The Morgan fingerprint density at radius 3 is 3.18 bits per heavy atom. The minimum absolute atomic E-state index is 0.0142. The average molecular weight is 156 g/mol. The number of carbonyl (C=O) groups is 1. The van der Waals surface area contributed by atoms with Gasteiger partial charge in [-0.15, -0.1) is 0 Å². The van der Waals surface area contributed by atoms with E-state index in [0.717, 1.165) is 12.8 Å². The van der Waals surface area contributed by atoms with Crippen LogP contribution in [-0.4, -0.2) is 23.8 Å². The van der Waals surface area contributed by atoms with Gasteiger partial charge in [0.05, 0.1) is 0 Å². The smallest absolute Gasteiger partial charge is 0.330 e. The number of rotatable bonds is 3. The van der Waals surface area contributed by atoms with Gasteiger partial charge in [-0.05, 0) is 12.8 Å². The maximum Gasteiger partial charge on any atom is 0.330 e. The number of carbonyl (C=O) groups excluding carboxylic acids is 1. The summed E-state index contributed by atoms with van der Waals surface area (Å²) in [5.74, 6) is -0.265. The van der Waals surface area contributed by atoms with Gasteiger partial charge in [0.25, 0.3) is 0 Å².